The summed E-state index contributed by atoms with van der Waals surface area (Å²) in [5.74, 6) is -1.41. The van der Waals surface area contributed by atoms with Gasteiger partial charge in [0.1, 0.15) is 5.82 Å². The third-order valence-corrected chi connectivity index (χ3v) is 4.11. The Balaban J connectivity index is 2.59. The van der Waals surface area contributed by atoms with Crippen molar-refractivity contribution in [2.24, 2.45) is 0 Å². The topological polar surface area (TPSA) is 83.5 Å². The van der Waals surface area contributed by atoms with E-state index in [1.165, 1.54) is 12.1 Å². The lowest BCUT2D eigenvalue weighted by atomic mass is 10.1. The third-order valence-electron chi connectivity index (χ3n) is 2.51. The molecule has 5 nitrogen and oxygen atoms in total. The van der Waals surface area contributed by atoms with Crippen LogP contribution in [0.25, 0.3) is 0 Å². The lowest BCUT2D eigenvalue weighted by Crippen LogP contribution is -2.32. The number of carboxylic acid groups (broad SMARTS) is 1. The molecule has 1 atom stereocenters. The van der Waals surface area contributed by atoms with E-state index >= 15 is 0 Å². The zero-order valence-electron chi connectivity index (χ0n) is 10.5. The van der Waals surface area contributed by atoms with Gasteiger partial charge in [-0.05, 0) is 44.0 Å². The van der Waals surface area contributed by atoms with Crippen molar-refractivity contribution in [3.05, 3.63) is 30.1 Å². The Hall–Kier alpha value is -1.47. The quantitative estimate of drug-likeness (QED) is 0.801. The summed E-state index contributed by atoms with van der Waals surface area (Å²) in [5.41, 5.74) is 0. The number of hydrogen-bond acceptors (Lipinski definition) is 3. The number of carboxylic acids is 1. The molecule has 0 heterocycles. The van der Waals surface area contributed by atoms with Crippen LogP contribution < -0.4 is 4.72 Å². The summed E-state index contributed by atoms with van der Waals surface area (Å²) < 4.78 is 38.9. The molecular formula is C12H16FNO4S. The largest absolute Gasteiger partial charge is 0.481 e. The van der Waals surface area contributed by atoms with Crippen molar-refractivity contribution < 1.29 is 22.7 Å². The Bertz CT molecular complexity index is 527. The molecule has 0 aliphatic rings. The highest BCUT2D eigenvalue weighted by Crippen LogP contribution is 2.11. The lowest BCUT2D eigenvalue weighted by Gasteiger charge is -2.13. The van der Waals surface area contributed by atoms with Crippen molar-refractivity contribution in [1.29, 1.82) is 0 Å². The highest BCUT2D eigenvalue weighted by Gasteiger charge is 2.17. The zero-order chi connectivity index (χ0) is 14.5. The van der Waals surface area contributed by atoms with E-state index in [-0.39, 0.29) is 17.4 Å². The van der Waals surface area contributed by atoms with Crippen molar-refractivity contribution in [3.63, 3.8) is 0 Å². The van der Waals surface area contributed by atoms with Crippen LogP contribution in [0.3, 0.4) is 0 Å². The average Bonchev–Trinajstić information content (AvgIpc) is 2.28. The van der Waals surface area contributed by atoms with Gasteiger partial charge in [0.25, 0.3) is 0 Å². The van der Waals surface area contributed by atoms with E-state index in [0.29, 0.717) is 12.8 Å². The molecule has 0 amide bonds. The van der Waals surface area contributed by atoms with Gasteiger partial charge in [-0.2, -0.15) is 0 Å². The predicted molar refractivity (Wildman–Crippen MR) is 67.7 cm³/mol. The molecule has 106 valence electrons. The molecule has 2 N–H and O–H groups in total. The minimum Gasteiger partial charge on any atom is -0.481 e. The summed E-state index contributed by atoms with van der Waals surface area (Å²) in [5, 5.41) is 8.49. The van der Waals surface area contributed by atoms with Crippen LogP contribution in [0.1, 0.15) is 26.2 Å². The van der Waals surface area contributed by atoms with Crippen molar-refractivity contribution in [2.75, 3.05) is 0 Å². The number of aliphatic carboxylic acids is 1. The second-order valence-electron chi connectivity index (χ2n) is 4.26. The minimum atomic E-state index is -3.69. The molecule has 0 fully saturated rings. The molecular weight excluding hydrogens is 273 g/mol. The molecule has 0 spiro atoms. The number of sulfonamides is 1. The van der Waals surface area contributed by atoms with Gasteiger partial charge >= 0.3 is 5.97 Å². The van der Waals surface area contributed by atoms with E-state index in [1.54, 1.807) is 6.92 Å². The van der Waals surface area contributed by atoms with E-state index in [0.717, 1.165) is 12.1 Å². The summed E-state index contributed by atoms with van der Waals surface area (Å²) in [4.78, 5) is 10.3. The standard InChI is InChI=1S/C12H16FNO4S/c1-9(3-2-4-12(15)16)14-19(17,18)11-7-5-10(13)6-8-11/h5-9,14H,2-4H2,1H3,(H,15,16). The van der Waals surface area contributed by atoms with Crippen molar-refractivity contribution in [2.45, 2.75) is 37.1 Å². The predicted octanol–water partition coefficient (Wildman–Crippen LogP) is 1.75. The number of halogens is 1. The Morgan fingerprint density at radius 1 is 1.37 bits per heavy atom. The summed E-state index contributed by atoms with van der Waals surface area (Å²) in [6, 6.07) is 4.13. The fourth-order valence-electron chi connectivity index (χ4n) is 1.57. The smallest absolute Gasteiger partial charge is 0.303 e. The molecule has 0 bridgehead atoms. The Morgan fingerprint density at radius 2 is 1.95 bits per heavy atom. The van der Waals surface area contributed by atoms with Gasteiger partial charge in [0.2, 0.25) is 10.0 Å². The lowest BCUT2D eigenvalue weighted by molar-refractivity contribution is -0.137. The summed E-state index contributed by atoms with van der Waals surface area (Å²) in [6.45, 7) is 1.66. The fraction of sp³-hybridized carbons (Fsp3) is 0.417. The Morgan fingerprint density at radius 3 is 2.47 bits per heavy atom. The van der Waals surface area contributed by atoms with Gasteiger partial charge in [0.15, 0.2) is 0 Å². The van der Waals surface area contributed by atoms with Crippen molar-refractivity contribution in [3.8, 4) is 0 Å². The molecule has 1 aromatic rings. The molecule has 1 unspecified atom stereocenters. The minimum absolute atomic E-state index is 0.00260. The Labute approximate surface area is 111 Å². The molecule has 0 aliphatic carbocycles. The molecule has 0 radical (unpaired) electrons. The van der Waals surface area contributed by atoms with Crippen LogP contribution in [0.4, 0.5) is 4.39 Å². The van der Waals surface area contributed by atoms with Gasteiger partial charge < -0.3 is 5.11 Å². The summed E-state index contributed by atoms with van der Waals surface area (Å²) in [7, 11) is -3.69. The first-order chi connectivity index (χ1) is 8.81. The van der Waals surface area contributed by atoms with Crippen LogP contribution >= 0.6 is 0 Å². The van der Waals surface area contributed by atoms with E-state index in [2.05, 4.69) is 4.72 Å². The van der Waals surface area contributed by atoms with Gasteiger partial charge in [-0.3, -0.25) is 4.79 Å². The van der Waals surface area contributed by atoms with Gasteiger partial charge in [0.05, 0.1) is 4.90 Å². The van der Waals surface area contributed by atoms with Crippen LogP contribution in [0.2, 0.25) is 0 Å². The van der Waals surface area contributed by atoms with Gasteiger partial charge in [-0.25, -0.2) is 17.5 Å². The second-order valence-corrected chi connectivity index (χ2v) is 5.98. The molecule has 19 heavy (non-hydrogen) atoms. The molecule has 0 aromatic heterocycles. The van der Waals surface area contributed by atoms with Crippen LogP contribution in [0.15, 0.2) is 29.2 Å². The highest BCUT2D eigenvalue weighted by molar-refractivity contribution is 7.89. The molecule has 1 aromatic carbocycles. The van der Waals surface area contributed by atoms with E-state index in [1.807, 2.05) is 0 Å². The fourth-order valence-corrected chi connectivity index (χ4v) is 2.84. The normalized spacial score (nSPS) is 13.2. The van der Waals surface area contributed by atoms with Crippen molar-refractivity contribution >= 4 is 16.0 Å². The summed E-state index contributed by atoms with van der Waals surface area (Å²) in [6.07, 6.45) is 0.817. The van der Waals surface area contributed by atoms with Gasteiger partial charge in [-0.15, -0.1) is 0 Å². The molecule has 0 saturated carbocycles. The van der Waals surface area contributed by atoms with Crippen molar-refractivity contribution in [1.82, 2.24) is 4.72 Å². The number of carbonyl (C=O) groups is 1. The Kier molecular flexibility index (Phi) is 5.44. The van der Waals surface area contributed by atoms with E-state index < -0.39 is 21.8 Å². The number of nitrogens with one attached hydrogen (secondary N) is 1. The zero-order valence-corrected chi connectivity index (χ0v) is 11.3. The maximum atomic E-state index is 12.7. The van der Waals surface area contributed by atoms with E-state index in [9.17, 15) is 17.6 Å². The average molecular weight is 289 g/mol. The molecule has 0 saturated heterocycles. The highest BCUT2D eigenvalue weighted by atomic mass is 32.2. The molecule has 1 rings (SSSR count). The molecule has 7 heteroatoms. The first-order valence-corrected chi connectivity index (χ1v) is 7.29. The van der Waals surface area contributed by atoms with Crippen LogP contribution in [-0.4, -0.2) is 25.5 Å². The number of benzene rings is 1. The first-order valence-electron chi connectivity index (χ1n) is 5.81. The van der Waals surface area contributed by atoms with E-state index in [4.69, 9.17) is 5.11 Å². The summed E-state index contributed by atoms with van der Waals surface area (Å²) >= 11 is 0. The van der Waals surface area contributed by atoms with Crippen LogP contribution in [0, 0.1) is 5.82 Å². The first kappa shape index (κ1) is 15.6. The monoisotopic (exact) mass is 289 g/mol. The van der Waals surface area contributed by atoms with Gasteiger partial charge in [0, 0.05) is 12.5 Å². The number of rotatable bonds is 7. The third kappa shape index (κ3) is 5.35. The van der Waals surface area contributed by atoms with Gasteiger partial charge in [-0.1, -0.05) is 0 Å². The SMILES string of the molecule is CC(CCCC(=O)O)NS(=O)(=O)c1ccc(F)cc1. The maximum Gasteiger partial charge on any atom is 0.303 e. The molecule has 0 aliphatic heterocycles. The number of hydrogen-bond donors (Lipinski definition) is 2. The maximum absolute atomic E-state index is 12.7. The van der Waals surface area contributed by atoms with Crippen LogP contribution in [0.5, 0.6) is 0 Å². The second kappa shape index (κ2) is 6.63. The van der Waals surface area contributed by atoms with Crippen LogP contribution in [-0.2, 0) is 14.8 Å².